The van der Waals surface area contributed by atoms with Gasteiger partial charge in [0.15, 0.2) is 4.34 Å². The highest BCUT2D eigenvalue weighted by Crippen LogP contribution is 2.30. The lowest BCUT2D eigenvalue weighted by molar-refractivity contribution is 0.418. The average Bonchev–Trinajstić information content (AvgIpc) is 2.66. The minimum absolute atomic E-state index is 0.303. The van der Waals surface area contributed by atoms with Gasteiger partial charge in [0.05, 0.1) is 10.2 Å². The summed E-state index contributed by atoms with van der Waals surface area (Å²) in [4.78, 5) is 4.22. The molecule has 2 aromatic rings. The Bertz CT molecular complexity index is 547. The van der Waals surface area contributed by atoms with Crippen LogP contribution in [0.3, 0.4) is 0 Å². The summed E-state index contributed by atoms with van der Waals surface area (Å²) in [5.41, 5.74) is 0.615. The smallest absolute Gasteiger partial charge is 0.230 e. The molecule has 0 bridgehead atoms. The summed E-state index contributed by atoms with van der Waals surface area (Å²) in [6, 6.07) is 4.43. The fraction of sp³-hybridized carbons (Fsp3) is 0.182. The number of rotatable bonds is 4. The number of hydrogen-bond acceptors (Lipinski definition) is 3. The third-order valence-electron chi connectivity index (χ3n) is 1.97. The Kier molecular flexibility index (Phi) is 4.06. The lowest BCUT2D eigenvalue weighted by Crippen LogP contribution is -1.76. The van der Waals surface area contributed by atoms with Gasteiger partial charge in [0.25, 0.3) is 6.08 Å². The Labute approximate surface area is 104 Å². The van der Waals surface area contributed by atoms with Gasteiger partial charge in [-0.25, -0.2) is 9.37 Å². The van der Waals surface area contributed by atoms with E-state index in [-0.39, 0.29) is 5.82 Å². The van der Waals surface area contributed by atoms with Crippen LogP contribution in [0.25, 0.3) is 10.2 Å². The monoisotopic (exact) mass is 275 g/mol. The number of aromatic nitrogens is 1. The van der Waals surface area contributed by atoms with Crippen LogP contribution in [0.2, 0.25) is 0 Å². The molecule has 0 saturated heterocycles. The Balaban J connectivity index is 2.02. The van der Waals surface area contributed by atoms with Crippen LogP contribution >= 0.6 is 23.1 Å². The number of benzene rings is 1. The van der Waals surface area contributed by atoms with Crippen LogP contribution in [0.15, 0.2) is 34.7 Å². The third-order valence-corrected chi connectivity index (χ3v) is 4.18. The SMILES string of the molecule is FC(F)=CCCSc1nc2cc(F)ccc2s1. The zero-order valence-corrected chi connectivity index (χ0v) is 10.3. The van der Waals surface area contributed by atoms with Crippen molar-refractivity contribution in [2.24, 2.45) is 0 Å². The highest BCUT2D eigenvalue weighted by Gasteiger charge is 2.04. The molecule has 0 spiro atoms. The van der Waals surface area contributed by atoms with Gasteiger partial charge in [0.2, 0.25) is 0 Å². The van der Waals surface area contributed by atoms with E-state index in [0.717, 1.165) is 15.1 Å². The minimum atomic E-state index is -1.66. The molecule has 1 heterocycles. The van der Waals surface area contributed by atoms with Crippen LogP contribution in [0.4, 0.5) is 13.2 Å². The molecule has 0 atom stereocenters. The third kappa shape index (κ3) is 3.47. The van der Waals surface area contributed by atoms with E-state index in [1.807, 2.05) is 0 Å². The maximum absolute atomic E-state index is 12.9. The molecule has 0 N–H and O–H groups in total. The fourth-order valence-corrected chi connectivity index (χ4v) is 3.26. The Hall–Kier alpha value is -1.01. The van der Waals surface area contributed by atoms with Gasteiger partial charge < -0.3 is 0 Å². The summed E-state index contributed by atoms with van der Waals surface area (Å²) >= 11 is 2.84. The van der Waals surface area contributed by atoms with Gasteiger partial charge in [-0.2, -0.15) is 8.78 Å². The second-order valence-corrected chi connectivity index (χ2v) is 5.60. The van der Waals surface area contributed by atoms with Crippen LogP contribution < -0.4 is 0 Å². The normalized spacial score (nSPS) is 10.8. The van der Waals surface area contributed by atoms with E-state index in [2.05, 4.69) is 4.98 Å². The Morgan fingerprint density at radius 1 is 1.41 bits per heavy atom. The molecule has 17 heavy (non-hydrogen) atoms. The van der Waals surface area contributed by atoms with Crippen molar-refractivity contribution in [3.63, 3.8) is 0 Å². The van der Waals surface area contributed by atoms with Gasteiger partial charge >= 0.3 is 0 Å². The van der Waals surface area contributed by atoms with Crippen LogP contribution in [-0.4, -0.2) is 10.7 Å². The number of halogens is 3. The van der Waals surface area contributed by atoms with Crippen molar-refractivity contribution in [2.45, 2.75) is 10.8 Å². The van der Waals surface area contributed by atoms with Crippen molar-refractivity contribution in [3.05, 3.63) is 36.2 Å². The number of thiazole rings is 1. The van der Waals surface area contributed by atoms with Gasteiger partial charge in [-0.15, -0.1) is 11.3 Å². The number of thioether (sulfide) groups is 1. The Morgan fingerprint density at radius 2 is 2.24 bits per heavy atom. The van der Waals surface area contributed by atoms with Crippen molar-refractivity contribution in [2.75, 3.05) is 5.75 Å². The first-order valence-electron chi connectivity index (χ1n) is 4.85. The lowest BCUT2D eigenvalue weighted by atomic mass is 10.3. The molecule has 0 saturated carbocycles. The molecule has 1 aromatic heterocycles. The Morgan fingerprint density at radius 3 is 3.00 bits per heavy atom. The first-order chi connectivity index (χ1) is 8.15. The van der Waals surface area contributed by atoms with Gasteiger partial charge in [0.1, 0.15) is 5.82 Å². The first-order valence-corrected chi connectivity index (χ1v) is 6.65. The van der Waals surface area contributed by atoms with Gasteiger partial charge in [-0.3, -0.25) is 0 Å². The molecule has 90 valence electrons. The van der Waals surface area contributed by atoms with Crippen molar-refractivity contribution >= 4 is 33.3 Å². The van der Waals surface area contributed by atoms with E-state index in [1.165, 1.54) is 35.2 Å². The zero-order valence-electron chi connectivity index (χ0n) is 8.62. The summed E-state index contributed by atoms with van der Waals surface area (Å²) in [6.07, 6.45) is -0.464. The summed E-state index contributed by atoms with van der Waals surface area (Å²) < 4.78 is 38.1. The number of hydrogen-bond donors (Lipinski definition) is 0. The maximum atomic E-state index is 12.9. The van der Waals surface area contributed by atoms with E-state index < -0.39 is 6.08 Å². The standard InChI is InChI=1S/C11H8F3NS2/c12-7-3-4-9-8(6-7)15-11(17-9)16-5-1-2-10(13)14/h2-4,6H,1,5H2. The summed E-state index contributed by atoms with van der Waals surface area (Å²) in [6.45, 7) is 0. The van der Waals surface area contributed by atoms with Crippen LogP contribution in [-0.2, 0) is 0 Å². The fourth-order valence-electron chi connectivity index (χ4n) is 1.26. The summed E-state index contributed by atoms with van der Waals surface area (Å²) in [5, 5.41) is 0. The highest BCUT2D eigenvalue weighted by molar-refractivity contribution is 8.01. The molecular weight excluding hydrogens is 267 g/mol. The van der Waals surface area contributed by atoms with Gasteiger partial charge in [-0.1, -0.05) is 11.8 Å². The van der Waals surface area contributed by atoms with Crippen molar-refractivity contribution in [1.82, 2.24) is 4.98 Å². The molecule has 1 nitrogen and oxygen atoms in total. The molecule has 0 radical (unpaired) electrons. The zero-order chi connectivity index (χ0) is 12.3. The van der Waals surface area contributed by atoms with E-state index in [4.69, 9.17) is 0 Å². The predicted molar refractivity (Wildman–Crippen MR) is 65.2 cm³/mol. The highest BCUT2D eigenvalue weighted by atomic mass is 32.2. The molecule has 0 aliphatic rings. The quantitative estimate of drug-likeness (QED) is 0.592. The van der Waals surface area contributed by atoms with Crippen LogP contribution in [0.5, 0.6) is 0 Å². The molecule has 2 rings (SSSR count). The maximum Gasteiger partial charge on any atom is 0.266 e. The summed E-state index contributed by atoms with van der Waals surface area (Å²) in [5.74, 6) is 0.224. The average molecular weight is 275 g/mol. The molecule has 0 fully saturated rings. The van der Waals surface area contributed by atoms with E-state index >= 15 is 0 Å². The molecule has 0 aliphatic carbocycles. The molecule has 0 unspecified atom stereocenters. The minimum Gasteiger partial charge on any atom is -0.230 e. The first kappa shape index (κ1) is 12.4. The summed E-state index contributed by atoms with van der Waals surface area (Å²) in [7, 11) is 0. The second-order valence-electron chi connectivity index (χ2n) is 3.22. The lowest BCUT2D eigenvalue weighted by Gasteiger charge is -1.91. The van der Waals surface area contributed by atoms with Crippen LogP contribution in [0, 0.1) is 5.82 Å². The van der Waals surface area contributed by atoms with Crippen LogP contribution in [0.1, 0.15) is 6.42 Å². The van der Waals surface area contributed by atoms with Gasteiger partial charge in [-0.05, 0) is 24.6 Å². The molecule has 0 amide bonds. The largest absolute Gasteiger partial charge is 0.266 e. The van der Waals surface area contributed by atoms with E-state index in [0.29, 0.717) is 17.7 Å². The predicted octanol–water partition coefficient (Wildman–Crippen LogP) is 4.70. The van der Waals surface area contributed by atoms with E-state index in [9.17, 15) is 13.2 Å². The van der Waals surface area contributed by atoms with Crippen molar-refractivity contribution < 1.29 is 13.2 Å². The van der Waals surface area contributed by atoms with Gasteiger partial charge in [0, 0.05) is 11.8 Å². The second kappa shape index (κ2) is 5.55. The molecule has 6 heteroatoms. The molecular formula is C11H8F3NS2. The topological polar surface area (TPSA) is 12.9 Å². The number of fused-ring (bicyclic) bond motifs is 1. The van der Waals surface area contributed by atoms with E-state index in [1.54, 1.807) is 6.07 Å². The number of allylic oxidation sites excluding steroid dienone is 1. The molecule has 1 aromatic carbocycles. The molecule has 0 aliphatic heterocycles. The van der Waals surface area contributed by atoms with Crippen molar-refractivity contribution in [1.29, 1.82) is 0 Å². The number of nitrogens with zero attached hydrogens (tertiary/aromatic N) is 1. The van der Waals surface area contributed by atoms with Crippen molar-refractivity contribution in [3.8, 4) is 0 Å².